The number of halogens is 1. The van der Waals surface area contributed by atoms with E-state index in [4.69, 9.17) is 0 Å². The molecule has 0 aliphatic heterocycles. The van der Waals surface area contributed by atoms with Crippen LogP contribution in [0.1, 0.15) is 12.5 Å². The average molecular weight is 353 g/mol. The quantitative estimate of drug-likeness (QED) is 0.659. The van der Waals surface area contributed by atoms with Crippen molar-refractivity contribution in [2.75, 3.05) is 11.9 Å². The Balaban J connectivity index is 2.37. The fourth-order valence-corrected chi connectivity index (χ4v) is 2.25. The summed E-state index contributed by atoms with van der Waals surface area (Å²) in [5.74, 6) is 0. The van der Waals surface area contributed by atoms with E-state index < -0.39 is 4.92 Å². The molecule has 0 bridgehead atoms. The summed E-state index contributed by atoms with van der Waals surface area (Å²) in [7, 11) is 0. The van der Waals surface area contributed by atoms with E-state index in [0.29, 0.717) is 22.3 Å². The number of aromatic nitrogens is 2. The van der Waals surface area contributed by atoms with Crippen LogP contribution in [0.3, 0.4) is 0 Å². The Labute approximate surface area is 128 Å². The number of nitro groups is 1. The van der Waals surface area contributed by atoms with E-state index in [2.05, 4.69) is 26.2 Å². The van der Waals surface area contributed by atoms with Crippen molar-refractivity contribution >= 4 is 27.3 Å². The minimum Gasteiger partial charge on any atom is -0.380 e. The van der Waals surface area contributed by atoms with Crippen molar-refractivity contribution in [3.05, 3.63) is 61.2 Å². The first-order chi connectivity index (χ1) is 10.0. The van der Waals surface area contributed by atoms with Gasteiger partial charge in [0.2, 0.25) is 0 Å². The molecule has 2 aromatic rings. The van der Waals surface area contributed by atoms with Gasteiger partial charge in [-0.05, 0) is 34.5 Å². The van der Waals surface area contributed by atoms with Crippen molar-refractivity contribution in [1.82, 2.24) is 9.55 Å². The SMILES string of the molecule is CCNc1ccc(Cn2cncc(Br)c2=O)cc1[N+](=O)[O-]. The van der Waals surface area contributed by atoms with Crippen LogP contribution in [0, 0.1) is 10.1 Å². The van der Waals surface area contributed by atoms with Crippen molar-refractivity contribution in [1.29, 1.82) is 0 Å². The lowest BCUT2D eigenvalue weighted by molar-refractivity contribution is -0.384. The maximum Gasteiger partial charge on any atom is 0.292 e. The monoisotopic (exact) mass is 352 g/mol. The van der Waals surface area contributed by atoms with Crippen molar-refractivity contribution in [2.24, 2.45) is 0 Å². The normalized spacial score (nSPS) is 10.4. The van der Waals surface area contributed by atoms with Gasteiger partial charge in [0.15, 0.2) is 0 Å². The third kappa shape index (κ3) is 3.46. The first-order valence-electron chi connectivity index (χ1n) is 6.24. The third-order valence-electron chi connectivity index (χ3n) is 2.84. The highest BCUT2D eigenvalue weighted by atomic mass is 79.9. The molecule has 0 fully saturated rings. The van der Waals surface area contributed by atoms with Crippen molar-refractivity contribution in [2.45, 2.75) is 13.5 Å². The lowest BCUT2D eigenvalue weighted by Gasteiger charge is -2.08. The number of hydrogen-bond acceptors (Lipinski definition) is 5. The molecule has 110 valence electrons. The molecular weight excluding hydrogens is 340 g/mol. The summed E-state index contributed by atoms with van der Waals surface area (Å²) in [6.45, 7) is 2.68. The van der Waals surface area contributed by atoms with E-state index in [0.717, 1.165) is 0 Å². The van der Waals surface area contributed by atoms with Crippen LogP contribution in [0.2, 0.25) is 0 Å². The van der Waals surface area contributed by atoms with Gasteiger partial charge in [0.25, 0.3) is 11.2 Å². The molecule has 0 spiro atoms. The Morgan fingerprint density at radius 1 is 1.48 bits per heavy atom. The van der Waals surface area contributed by atoms with Gasteiger partial charge in [0.05, 0.1) is 17.8 Å². The first-order valence-corrected chi connectivity index (χ1v) is 7.03. The minimum atomic E-state index is -0.441. The van der Waals surface area contributed by atoms with Gasteiger partial charge >= 0.3 is 0 Å². The molecule has 8 heteroatoms. The average Bonchev–Trinajstić information content (AvgIpc) is 2.45. The number of anilines is 1. The topological polar surface area (TPSA) is 90.1 Å². The van der Waals surface area contributed by atoms with Gasteiger partial charge in [0, 0.05) is 18.8 Å². The fraction of sp³-hybridized carbons (Fsp3) is 0.231. The van der Waals surface area contributed by atoms with Gasteiger partial charge in [-0.25, -0.2) is 4.98 Å². The standard InChI is InChI=1S/C13H13BrN4O3/c1-2-16-11-4-3-9(5-12(11)18(20)21)7-17-8-15-6-10(14)13(17)19/h3-6,8,16H,2,7H2,1H3. The number of rotatable bonds is 5. The third-order valence-corrected chi connectivity index (χ3v) is 3.38. The number of nitrogens with zero attached hydrogens (tertiary/aromatic N) is 3. The zero-order valence-electron chi connectivity index (χ0n) is 11.2. The van der Waals surface area contributed by atoms with Gasteiger partial charge in [-0.3, -0.25) is 19.5 Å². The zero-order valence-corrected chi connectivity index (χ0v) is 12.8. The molecule has 0 amide bonds. The molecule has 7 nitrogen and oxygen atoms in total. The van der Waals surface area contributed by atoms with E-state index in [9.17, 15) is 14.9 Å². The van der Waals surface area contributed by atoms with Gasteiger partial charge in [-0.2, -0.15) is 0 Å². The van der Waals surface area contributed by atoms with Crippen molar-refractivity contribution in [3.63, 3.8) is 0 Å². The van der Waals surface area contributed by atoms with E-state index in [1.54, 1.807) is 12.1 Å². The Morgan fingerprint density at radius 2 is 2.24 bits per heavy atom. The largest absolute Gasteiger partial charge is 0.380 e. The number of nitro benzene ring substituents is 1. The first kappa shape index (κ1) is 15.2. The summed E-state index contributed by atoms with van der Waals surface area (Å²) in [6, 6.07) is 4.86. The molecule has 0 atom stereocenters. The summed E-state index contributed by atoms with van der Waals surface area (Å²) in [5.41, 5.74) is 0.880. The Morgan fingerprint density at radius 3 is 2.90 bits per heavy atom. The molecule has 1 aromatic heterocycles. The molecule has 0 radical (unpaired) electrons. The van der Waals surface area contributed by atoms with Crippen molar-refractivity contribution < 1.29 is 4.92 Å². The second-order valence-electron chi connectivity index (χ2n) is 4.31. The van der Waals surface area contributed by atoms with Crippen LogP contribution >= 0.6 is 15.9 Å². The van der Waals surface area contributed by atoms with Crippen LogP contribution in [0.5, 0.6) is 0 Å². The predicted octanol–water partition coefficient (Wildman–Crippen LogP) is 2.39. The molecule has 2 rings (SSSR count). The van der Waals surface area contributed by atoms with Crippen LogP contribution in [-0.2, 0) is 6.54 Å². The van der Waals surface area contributed by atoms with Gasteiger partial charge in [0.1, 0.15) is 10.2 Å². The van der Waals surface area contributed by atoms with Crippen molar-refractivity contribution in [3.8, 4) is 0 Å². The van der Waals surface area contributed by atoms with Crippen LogP contribution < -0.4 is 10.9 Å². The molecule has 1 N–H and O–H groups in total. The van der Waals surface area contributed by atoms with Crippen LogP contribution in [0.4, 0.5) is 11.4 Å². The number of hydrogen-bond donors (Lipinski definition) is 1. The lowest BCUT2D eigenvalue weighted by Crippen LogP contribution is -2.21. The summed E-state index contributed by atoms with van der Waals surface area (Å²) in [6.07, 6.45) is 2.81. The molecule has 1 aromatic carbocycles. The van der Waals surface area contributed by atoms with E-state index in [1.165, 1.54) is 23.2 Å². The maximum absolute atomic E-state index is 11.9. The summed E-state index contributed by atoms with van der Waals surface area (Å²) in [4.78, 5) is 26.5. The highest BCUT2D eigenvalue weighted by molar-refractivity contribution is 9.10. The summed E-state index contributed by atoms with van der Waals surface area (Å²) in [5, 5.41) is 14.0. The summed E-state index contributed by atoms with van der Waals surface area (Å²) < 4.78 is 1.74. The maximum atomic E-state index is 11.9. The van der Waals surface area contributed by atoms with Crippen LogP contribution in [-0.4, -0.2) is 21.0 Å². The van der Waals surface area contributed by atoms with Crippen LogP contribution in [0.25, 0.3) is 0 Å². The molecule has 1 heterocycles. The zero-order chi connectivity index (χ0) is 15.4. The summed E-state index contributed by atoms with van der Waals surface area (Å²) >= 11 is 3.12. The molecule has 0 aliphatic rings. The highest BCUT2D eigenvalue weighted by Crippen LogP contribution is 2.25. The second-order valence-corrected chi connectivity index (χ2v) is 5.17. The smallest absolute Gasteiger partial charge is 0.292 e. The minimum absolute atomic E-state index is 0.00893. The molecule has 21 heavy (non-hydrogen) atoms. The second kappa shape index (κ2) is 6.49. The molecule has 0 saturated carbocycles. The van der Waals surface area contributed by atoms with Gasteiger partial charge < -0.3 is 5.32 Å². The Hall–Kier alpha value is -2.22. The number of benzene rings is 1. The van der Waals surface area contributed by atoms with E-state index in [1.807, 2.05) is 6.92 Å². The van der Waals surface area contributed by atoms with Crippen LogP contribution in [0.15, 0.2) is 40.0 Å². The lowest BCUT2D eigenvalue weighted by atomic mass is 10.1. The Kier molecular flexibility index (Phi) is 4.69. The van der Waals surface area contributed by atoms with E-state index >= 15 is 0 Å². The Bertz CT molecular complexity index is 730. The van der Waals surface area contributed by atoms with E-state index in [-0.39, 0.29) is 17.8 Å². The van der Waals surface area contributed by atoms with Gasteiger partial charge in [-0.15, -0.1) is 0 Å². The highest BCUT2D eigenvalue weighted by Gasteiger charge is 2.14. The molecule has 0 aliphatic carbocycles. The molecular formula is C13H13BrN4O3. The van der Waals surface area contributed by atoms with Gasteiger partial charge in [-0.1, -0.05) is 6.07 Å². The number of nitrogens with one attached hydrogen (secondary N) is 1. The molecule has 0 unspecified atom stereocenters. The molecule has 0 saturated heterocycles. The predicted molar refractivity (Wildman–Crippen MR) is 82.6 cm³/mol. The fourth-order valence-electron chi connectivity index (χ4n) is 1.90.